The van der Waals surface area contributed by atoms with Gasteiger partial charge in [0.15, 0.2) is 17.3 Å². The van der Waals surface area contributed by atoms with E-state index in [2.05, 4.69) is 15.4 Å². The van der Waals surface area contributed by atoms with E-state index >= 15 is 0 Å². The number of carbonyl (C=O) groups excluding carboxylic acids is 2. The van der Waals surface area contributed by atoms with Crippen molar-refractivity contribution in [1.82, 2.24) is 15.0 Å². The molecule has 3 heterocycles. The van der Waals surface area contributed by atoms with E-state index in [-0.39, 0.29) is 12.6 Å². The minimum atomic E-state index is -0.701. The smallest absolute Gasteiger partial charge is 0.315 e. The molecule has 27 heavy (non-hydrogen) atoms. The van der Waals surface area contributed by atoms with Gasteiger partial charge in [-0.25, -0.2) is 0 Å². The first kappa shape index (κ1) is 17.3. The number of fused-ring (bicyclic) bond motifs is 1. The van der Waals surface area contributed by atoms with Crippen LogP contribution in [0.5, 0.6) is 11.5 Å². The van der Waals surface area contributed by atoms with E-state index in [1.807, 2.05) is 18.2 Å². The Morgan fingerprint density at radius 2 is 1.89 bits per heavy atom. The molecule has 0 radical (unpaired) electrons. The monoisotopic (exact) mass is 372 g/mol. The highest BCUT2D eigenvalue weighted by atomic mass is 16.7. The number of hydrogen-bond acceptors (Lipinski definition) is 7. The molecule has 0 unspecified atom stereocenters. The summed E-state index contributed by atoms with van der Waals surface area (Å²) in [6, 6.07) is 7.47. The molecule has 9 heteroatoms. The van der Waals surface area contributed by atoms with Crippen molar-refractivity contribution in [2.45, 2.75) is 13.5 Å². The van der Waals surface area contributed by atoms with E-state index in [0.717, 1.165) is 23.6 Å². The minimum Gasteiger partial charge on any atom is -0.454 e. The first-order chi connectivity index (χ1) is 13.1. The van der Waals surface area contributed by atoms with Gasteiger partial charge in [-0.3, -0.25) is 19.8 Å². The number of amides is 2. The van der Waals surface area contributed by atoms with Gasteiger partial charge in [0, 0.05) is 38.8 Å². The Morgan fingerprint density at radius 1 is 1.11 bits per heavy atom. The summed E-state index contributed by atoms with van der Waals surface area (Å²) >= 11 is 0. The number of aryl methyl sites for hydroxylation is 1. The molecule has 0 aliphatic carbocycles. The number of rotatable bonds is 3. The van der Waals surface area contributed by atoms with Gasteiger partial charge in [0.2, 0.25) is 6.79 Å². The van der Waals surface area contributed by atoms with Gasteiger partial charge in [0.25, 0.3) is 0 Å². The van der Waals surface area contributed by atoms with E-state index in [0.29, 0.717) is 31.9 Å². The predicted molar refractivity (Wildman–Crippen MR) is 94.3 cm³/mol. The number of benzene rings is 1. The SMILES string of the molecule is Cc1cc(NC(=O)C(=O)N2CCN(Cc3ccc4c(c3)OCO4)CC2)no1. The zero-order chi connectivity index (χ0) is 18.8. The van der Waals surface area contributed by atoms with Crippen LogP contribution >= 0.6 is 0 Å². The molecule has 1 aromatic heterocycles. The lowest BCUT2D eigenvalue weighted by Gasteiger charge is -2.34. The number of hydrogen-bond donors (Lipinski definition) is 1. The number of anilines is 1. The molecular weight excluding hydrogens is 352 g/mol. The molecule has 4 rings (SSSR count). The number of nitrogens with zero attached hydrogens (tertiary/aromatic N) is 3. The first-order valence-corrected chi connectivity index (χ1v) is 8.73. The van der Waals surface area contributed by atoms with Gasteiger partial charge in [-0.1, -0.05) is 11.2 Å². The van der Waals surface area contributed by atoms with Gasteiger partial charge in [-0.05, 0) is 24.6 Å². The van der Waals surface area contributed by atoms with E-state index in [4.69, 9.17) is 14.0 Å². The molecule has 0 spiro atoms. The molecule has 2 aliphatic heterocycles. The zero-order valence-corrected chi connectivity index (χ0v) is 14.9. The lowest BCUT2D eigenvalue weighted by atomic mass is 10.1. The summed E-state index contributed by atoms with van der Waals surface area (Å²) in [4.78, 5) is 28.2. The van der Waals surface area contributed by atoms with E-state index in [9.17, 15) is 9.59 Å². The van der Waals surface area contributed by atoms with Crippen LogP contribution in [0.4, 0.5) is 5.82 Å². The molecule has 0 saturated carbocycles. The zero-order valence-electron chi connectivity index (χ0n) is 14.9. The first-order valence-electron chi connectivity index (χ1n) is 8.73. The second-order valence-electron chi connectivity index (χ2n) is 6.53. The van der Waals surface area contributed by atoms with E-state index in [1.54, 1.807) is 17.9 Å². The van der Waals surface area contributed by atoms with Crippen LogP contribution < -0.4 is 14.8 Å². The quantitative estimate of drug-likeness (QED) is 0.803. The third kappa shape index (κ3) is 3.87. The lowest BCUT2D eigenvalue weighted by molar-refractivity contribution is -0.144. The van der Waals surface area contributed by atoms with Crippen molar-refractivity contribution in [3.8, 4) is 11.5 Å². The summed E-state index contributed by atoms with van der Waals surface area (Å²) in [5.74, 6) is 1.08. The van der Waals surface area contributed by atoms with Gasteiger partial charge in [0.1, 0.15) is 5.76 Å². The molecule has 1 N–H and O–H groups in total. The average Bonchev–Trinajstić information content (AvgIpc) is 3.30. The van der Waals surface area contributed by atoms with Crippen LogP contribution in [0.2, 0.25) is 0 Å². The van der Waals surface area contributed by atoms with E-state index < -0.39 is 11.8 Å². The van der Waals surface area contributed by atoms with Crippen molar-refractivity contribution in [3.63, 3.8) is 0 Å². The van der Waals surface area contributed by atoms with Crippen molar-refractivity contribution in [3.05, 3.63) is 35.6 Å². The summed E-state index contributed by atoms with van der Waals surface area (Å²) in [5.41, 5.74) is 1.12. The molecule has 2 aliphatic rings. The second kappa shape index (κ2) is 7.28. The number of piperazine rings is 1. The second-order valence-corrected chi connectivity index (χ2v) is 6.53. The number of carbonyl (C=O) groups is 2. The van der Waals surface area contributed by atoms with Gasteiger partial charge in [0.05, 0.1) is 0 Å². The van der Waals surface area contributed by atoms with E-state index in [1.165, 1.54) is 0 Å². The molecular formula is C18H20N4O5. The van der Waals surface area contributed by atoms with Gasteiger partial charge < -0.3 is 18.9 Å². The molecule has 1 saturated heterocycles. The van der Waals surface area contributed by atoms with Crippen LogP contribution in [0.1, 0.15) is 11.3 Å². The Kier molecular flexibility index (Phi) is 4.68. The Labute approximate surface area is 155 Å². The van der Waals surface area contributed by atoms with Crippen LogP contribution in [0.25, 0.3) is 0 Å². The maximum Gasteiger partial charge on any atom is 0.315 e. The number of aromatic nitrogens is 1. The molecule has 1 fully saturated rings. The van der Waals surface area contributed by atoms with Crippen molar-refractivity contribution < 1.29 is 23.6 Å². The molecule has 2 aromatic rings. The van der Waals surface area contributed by atoms with Crippen molar-refractivity contribution in [2.75, 3.05) is 38.3 Å². The molecule has 9 nitrogen and oxygen atoms in total. The van der Waals surface area contributed by atoms with Crippen molar-refractivity contribution in [2.24, 2.45) is 0 Å². The Balaban J connectivity index is 1.28. The highest BCUT2D eigenvalue weighted by molar-refractivity contribution is 6.39. The maximum atomic E-state index is 12.3. The van der Waals surface area contributed by atoms with Gasteiger partial charge in [-0.15, -0.1) is 0 Å². The van der Waals surface area contributed by atoms with Crippen molar-refractivity contribution in [1.29, 1.82) is 0 Å². The fourth-order valence-electron chi connectivity index (χ4n) is 3.15. The maximum absolute atomic E-state index is 12.3. The Morgan fingerprint density at radius 3 is 2.63 bits per heavy atom. The predicted octanol–water partition coefficient (Wildman–Crippen LogP) is 0.995. The van der Waals surface area contributed by atoms with Crippen LogP contribution in [0, 0.1) is 6.92 Å². The summed E-state index contributed by atoms with van der Waals surface area (Å²) < 4.78 is 15.6. The summed E-state index contributed by atoms with van der Waals surface area (Å²) in [7, 11) is 0. The number of nitrogens with one attached hydrogen (secondary N) is 1. The number of ether oxygens (including phenoxy) is 2. The molecule has 0 bridgehead atoms. The normalized spacial score (nSPS) is 16.4. The average molecular weight is 372 g/mol. The molecule has 2 amide bonds. The lowest BCUT2D eigenvalue weighted by Crippen LogP contribution is -2.51. The van der Waals surface area contributed by atoms with Gasteiger partial charge in [-0.2, -0.15) is 0 Å². The third-order valence-electron chi connectivity index (χ3n) is 4.57. The highest BCUT2D eigenvalue weighted by Gasteiger charge is 2.27. The van der Waals surface area contributed by atoms with Crippen LogP contribution in [-0.4, -0.2) is 59.7 Å². The minimum absolute atomic E-state index is 0.243. The molecule has 0 atom stereocenters. The van der Waals surface area contributed by atoms with Crippen LogP contribution in [-0.2, 0) is 16.1 Å². The standard InChI is InChI=1S/C18H20N4O5/c1-12-8-16(20-27-12)19-17(23)18(24)22-6-4-21(5-7-22)10-13-2-3-14-15(9-13)26-11-25-14/h2-3,8-9H,4-7,10-11H2,1H3,(H,19,20,23). The summed E-state index contributed by atoms with van der Waals surface area (Å²) in [6.07, 6.45) is 0. The van der Waals surface area contributed by atoms with Gasteiger partial charge >= 0.3 is 11.8 Å². The van der Waals surface area contributed by atoms with Crippen LogP contribution in [0.15, 0.2) is 28.8 Å². The molecule has 1 aromatic carbocycles. The topological polar surface area (TPSA) is 97.1 Å². The largest absolute Gasteiger partial charge is 0.454 e. The Bertz CT molecular complexity index is 857. The highest BCUT2D eigenvalue weighted by Crippen LogP contribution is 2.32. The Hall–Kier alpha value is -3.07. The summed E-state index contributed by atoms with van der Waals surface area (Å²) in [6.45, 7) is 5.10. The fourth-order valence-corrected chi connectivity index (χ4v) is 3.15. The van der Waals surface area contributed by atoms with Crippen LogP contribution in [0.3, 0.4) is 0 Å². The fraction of sp³-hybridized carbons (Fsp3) is 0.389. The third-order valence-corrected chi connectivity index (χ3v) is 4.57. The molecule has 142 valence electrons. The summed E-state index contributed by atoms with van der Waals surface area (Å²) in [5, 5.41) is 6.12. The van der Waals surface area contributed by atoms with Crippen molar-refractivity contribution >= 4 is 17.6 Å².